The van der Waals surface area contributed by atoms with E-state index in [0.717, 1.165) is 30.8 Å². The van der Waals surface area contributed by atoms with Gasteiger partial charge in [0.05, 0.1) is 12.7 Å². The summed E-state index contributed by atoms with van der Waals surface area (Å²) in [5.74, 6) is 2.14. The fourth-order valence-corrected chi connectivity index (χ4v) is 2.83. The summed E-state index contributed by atoms with van der Waals surface area (Å²) < 4.78 is 16.3. The van der Waals surface area contributed by atoms with Gasteiger partial charge in [0.25, 0.3) is 5.91 Å². The van der Waals surface area contributed by atoms with Crippen LogP contribution in [0.1, 0.15) is 28.8 Å². The Morgan fingerprint density at radius 2 is 1.88 bits per heavy atom. The molecule has 1 N–H and O–H groups in total. The molecule has 2 aromatic rings. The summed E-state index contributed by atoms with van der Waals surface area (Å²) in [6.45, 7) is 1.85. The molecule has 0 fully saturated rings. The zero-order chi connectivity index (χ0) is 17.5. The smallest absolute Gasteiger partial charge is 0.255 e. The van der Waals surface area contributed by atoms with Crippen LogP contribution in [0.15, 0.2) is 42.5 Å². The fourth-order valence-electron chi connectivity index (χ4n) is 2.83. The second kappa shape index (κ2) is 8.42. The van der Waals surface area contributed by atoms with Gasteiger partial charge in [-0.05, 0) is 49.1 Å². The van der Waals surface area contributed by atoms with Crippen molar-refractivity contribution in [2.24, 2.45) is 0 Å². The summed E-state index contributed by atoms with van der Waals surface area (Å²) in [7, 11) is 1.57. The Labute approximate surface area is 147 Å². The Kier molecular flexibility index (Phi) is 5.77. The van der Waals surface area contributed by atoms with Gasteiger partial charge in [0.15, 0.2) is 11.5 Å². The van der Waals surface area contributed by atoms with Crippen LogP contribution in [0.5, 0.6) is 17.2 Å². The molecule has 0 atom stereocenters. The van der Waals surface area contributed by atoms with Crippen LogP contribution < -0.4 is 19.5 Å². The van der Waals surface area contributed by atoms with Gasteiger partial charge >= 0.3 is 0 Å². The van der Waals surface area contributed by atoms with Crippen LogP contribution in [0, 0.1) is 0 Å². The number of carbonyl (C=O) groups is 1. The molecule has 1 heterocycles. The lowest BCUT2D eigenvalue weighted by Crippen LogP contribution is -2.25. The lowest BCUT2D eigenvalue weighted by molar-refractivity contribution is 0.0950. The van der Waals surface area contributed by atoms with Gasteiger partial charge in [0.2, 0.25) is 0 Å². The highest BCUT2D eigenvalue weighted by Crippen LogP contribution is 2.31. The number of amides is 1. The normalized spacial score (nSPS) is 12.5. The van der Waals surface area contributed by atoms with Gasteiger partial charge in [-0.3, -0.25) is 4.79 Å². The Morgan fingerprint density at radius 1 is 1.08 bits per heavy atom. The van der Waals surface area contributed by atoms with E-state index in [1.54, 1.807) is 19.2 Å². The van der Waals surface area contributed by atoms with Gasteiger partial charge in [-0.1, -0.05) is 18.2 Å². The molecule has 5 heteroatoms. The quantitative estimate of drug-likeness (QED) is 0.786. The average molecular weight is 341 g/mol. The van der Waals surface area contributed by atoms with Crippen LogP contribution in [0.4, 0.5) is 0 Å². The first-order valence-corrected chi connectivity index (χ1v) is 8.57. The number of rotatable bonds is 7. The second-order valence-electron chi connectivity index (χ2n) is 5.89. The standard InChI is InChI=1S/C20H23NO4/c1-23-17-8-3-2-7-16(17)20(22)21-11-5-4-6-15-9-10-18-19(14-15)25-13-12-24-18/h2-3,7-10,14H,4-6,11-13H2,1H3,(H,21,22). The molecule has 0 aliphatic carbocycles. The van der Waals surface area contributed by atoms with Crippen LogP contribution in [0.2, 0.25) is 0 Å². The minimum Gasteiger partial charge on any atom is -0.496 e. The van der Waals surface area contributed by atoms with Gasteiger partial charge < -0.3 is 19.5 Å². The Hall–Kier alpha value is -2.69. The van der Waals surface area contributed by atoms with Crippen LogP contribution in [-0.2, 0) is 6.42 Å². The molecule has 0 bridgehead atoms. The minimum absolute atomic E-state index is 0.100. The number of nitrogens with one attached hydrogen (secondary N) is 1. The van der Waals surface area contributed by atoms with E-state index < -0.39 is 0 Å². The van der Waals surface area contributed by atoms with E-state index in [-0.39, 0.29) is 5.91 Å². The number of para-hydroxylation sites is 1. The van der Waals surface area contributed by atoms with E-state index in [4.69, 9.17) is 14.2 Å². The van der Waals surface area contributed by atoms with Crippen molar-refractivity contribution in [2.75, 3.05) is 26.9 Å². The molecule has 1 amide bonds. The van der Waals surface area contributed by atoms with Crippen molar-refractivity contribution in [3.8, 4) is 17.2 Å². The van der Waals surface area contributed by atoms with Crippen molar-refractivity contribution in [3.63, 3.8) is 0 Å². The molecule has 2 aromatic carbocycles. The maximum Gasteiger partial charge on any atom is 0.255 e. The lowest BCUT2D eigenvalue weighted by Gasteiger charge is -2.18. The zero-order valence-corrected chi connectivity index (χ0v) is 14.4. The SMILES string of the molecule is COc1ccccc1C(=O)NCCCCc1ccc2c(c1)OCCO2. The number of fused-ring (bicyclic) bond motifs is 1. The Morgan fingerprint density at radius 3 is 2.72 bits per heavy atom. The first-order chi connectivity index (χ1) is 12.3. The van der Waals surface area contributed by atoms with Gasteiger partial charge in [-0.2, -0.15) is 0 Å². The molecular weight excluding hydrogens is 318 g/mol. The van der Waals surface area contributed by atoms with E-state index in [2.05, 4.69) is 11.4 Å². The number of benzene rings is 2. The highest BCUT2D eigenvalue weighted by molar-refractivity contribution is 5.96. The summed E-state index contributed by atoms with van der Waals surface area (Å²) >= 11 is 0. The number of hydrogen-bond donors (Lipinski definition) is 1. The number of hydrogen-bond acceptors (Lipinski definition) is 4. The fraction of sp³-hybridized carbons (Fsp3) is 0.350. The van der Waals surface area contributed by atoms with Crippen LogP contribution in [0.3, 0.4) is 0 Å². The van der Waals surface area contributed by atoms with Gasteiger partial charge in [-0.15, -0.1) is 0 Å². The molecule has 25 heavy (non-hydrogen) atoms. The summed E-state index contributed by atoms with van der Waals surface area (Å²) in [6, 6.07) is 13.3. The van der Waals surface area contributed by atoms with Crippen molar-refractivity contribution >= 4 is 5.91 Å². The van der Waals surface area contributed by atoms with E-state index in [1.807, 2.05) is 24.3 Å². The molecule has 3 rings (SSSR count). The van der Waals surface area contributed by atoms with E-state index in [0.29, 0.717) is 31.1 Å². The Bertz CT molecular complexity index is 729. The number of methoxy groups -OCH3 is 1. The monoisotopic (exact) mass is 341 g/mol. The van der Waals surface area contributed by atoms with Crippen molar-refractivity contribution < 1.29 is 19.0 Å². The molecule has 1 aliphatic heterocycles. The maximum absolute atomic E-state index is 12.2. The minimum atomic E-state index is -0.100. The highest BCUT2D eigenvalue weighted by atomic mass is 16.6. The van der Waals surface area contributed by atoms with Crippen LogP contribution in [-0.4, -0.2) is 32.8 Å². The number of ether oxygens (including phenoxy) is 3. The van der Waals surface area contributed by atoms with E-state index in [1.165, 1.54) is 5.56 Å². The van der Waals surface area contributed by atoms with Gasteiger partial charge in [-0.25, -0.2) is 0 Å². The average Bonchev–Trinajstić information content (AvgIpc) is 2.67. The molecule has 0 spiro atoms. The third-order valence-corrected chi connectivity index (χ3v) is 4.14. The Balaban J connectivity index is 1.42. The first-order valence-electron chi connectivity index (χ1n) is 8.57. The van der Waals surface area contributed by atoms with Crippen molar-refractivity contribution in [1.29, 1.82) is 0 Å². The molecule has 1 aliphatic rings. The topological polar surface area (TPSA) is 56.8 Å². The molecule has 132 valence electrons. The molecule has 0 saturated heterocycles. The maximum atomic E-state index is 12.2. The predicted molar refractivity (Wildman–Crippen MR) is 95.7 cm³/mol. The first kappa shape index (κ1) is 17.1. The van der Waals surface area contributed by atoms with Crippen molar-refractivity contribution in [2.45, 2.75) is 19.3 Å². The zero-order valence-electron chi connectivity index (χ0n) is 14.4. The van der Waals surface area contributed by atoms with Crippen molar-refractivity contribution in [3.05, 3.63) is 53.6 Å². The predicted octanol–water partition coefficient (Wildman–Crippen LogP) is 3.22. The molecule has 0 saturated carbocycles. The van der Waals surface area contributed by atoms with E-state index in [9.17, 15) is 4.79 Å². The van der Waals surface area contributed by atoms with Gasteiger partial charge in [0, 0.05) is 6.54 Å². The third kappa shape index (κ3) is 4.44. The van der Waals surface area contributed by atoms with Crippen LogP contribution in [0.25, 0.3) is 0 Å². The lowest BCUT2D eigenvalue weighted by atomic mass is 10.1. The number of aryl methyl sites for hydroxylation is 1. The largest absolute Gasteiger partial charge is 0.496 e. The highest BCUT2D eigenvalue weighted by Gasteiger charge is 2.12. The third-order valence-electron chi connectivity index (χ3n) is 4.14. The molecule has 5 nitrogen and oxygen atoms in total. The van der Waals surface area contributed by atoms with Crippen molar-refractivity contribution in [1.82, 2.24) is 5.32 Å². The summed E-state index contributed by atoms with van der Waals surface area (Å²) in [6.07, 6.45) is 2.85. The van der Waals surface area contributed by atoms with Gasteiger partial charge in [0.1, 0.15) is 19.0 Å². The number of carbonyl (C=O) groups excluding carboxylic acids is 1. The molecule has 0 aromatic heterocycles. The molecular formula is C20H23NO4. The summed E-state index contributed by atoms with van der Waals surface area (Å²) in [5.41, 5.74) is 1.79. The van der Waals surface area contributed by atoms with Crippen LogP contribution >= 0.6 is 0 Å². The summed E-state index contributed by atoms with van der Waals surface area (Å²) in [4.78, 5) is 12.2. The number of unbranched alkanes of at least 4 members (excludes halogenated alkanes) is 1. The molecule has 0 radical (unpaired) electrons. The van der Waals surface area contributed by atoms with E-state index >= 15 is 0 Å². The second-order valence-corrected chi connectivity index (χ2v) is 5.89. The molecule has 0 unspecified atom stereocenters. The summed E-state index contributed by atoms with van der Waals surface area (Å²) in [5, 5.41) is 2.95.